The fourth-order valence-corrected chi connectivity index (χ4v) is 1.63. The summed E-state index contributed by atoms with van der Waals surface area (Å²) < 4.78 is 0. The lowest BCUT2D eigenvalue weighted by Gasteiger charge is -2.13. The van der Waals surface area contributed by atoms with Gasteiger partial charge in [0.15, 0.2) is 0 Å². The monoisotopic (exact) mass is 208 g/mol. The second kappa shape index (κ2) is 5.73. The third-order valence-electron chi connectivity index (χ3n) is 2.55. The molecule has 0 unspecified atom stereocenters. The number of aryl methyl sites for hydroxylation is 1. The van der Waals surface area contributed by atoms with E-state index in [0.29, 0.717) is 12.3 Å². The minimum Gasteiger partial charge on any atom is -0.508 e. The van der Waals surface area contributed by atoms with Crippen molar-refractivity contribution in [3.63, 3.8) is 0 Å². The Labute approximate surface area is 91.1 Å². The predicted molar refractivity (Wildman–Crippen MR) is 62.7 cm³/mol. The molecule has 0 spiro atoms. The lowest BCUT2D eigenvalue weighted by molar-refractivity contribution is 0.456. The normalized spacial score (nSPS) is 12.7. The summed E-state index contributed by atoms with van der Waals surface area (Å²) in [6, 6.07) is 5.53. The zero-order chi connectivity index (χ0) is 11.3. The molecule has 1 aromatic carbocycles. The van der Waals surface area contributed by atoms with Crippen LogP contribution in [0.3, 0.4) is 0 Å². The number of phenolic OH excluding ortho intramolecular Hbond substituents is 1. The van der Waals surface area contributed by atoms with Gasteiger partial charge in [-0.2, -0.15) is 0 Å². The van der Waals surface area contributed by atoms with Crippen LogP contribution in [0.25, 0.3) is 0 Å². The van der Waals surface area contributed by atoms with E-state index in [4.69, 9.17) is 11.5 Å². The average Bonchev–Trinajstić information content (AvgIpc) is 2.17. The molecule has 0 fully saturated rings. The SMILES string of the molecule is Cc1ccc([C@H](N)CCCCN)c(O)c1. The van der Waals surface area contributed by atoms with Crippen molar-refractivity contribution >= 4 is 0 Å². The van der Waals surface area contributed by atoms with Gasteiger partial charge in [0.2, 0.25) is 0 Å². The molecule has 0 bridgehead atoms. The van der Waals surface area contributed by atoms with Crippen molar-refractivity contribution in [3.05, 3.63) is 29.3 Å². The number of benzene rings is 1. The number of rotatable bonds is 5. The molecule has 1 aromatic rings. The average molecular weight is 208 g/mol. The summed E-state index contributed by atoms with van der Waals surface area (Å²) in [6.07, 6.45) is 2.86. The van der Waals surface area contributed by atoms with E-state index in [0.717, 1.165) is 30.4 Å². The lowest BCUT2D eigenvalue weighted by Crippen LogP contribution is -2.11. The molecular formula is C12H20N2O. The van der Waals surface area contributed by atoms with Crippen LogP contribution in [-0.4, -0.2) is 11.7 Å². The Morgan fingerprint density at radius 1 is 1.33 bits per heavy atom. The quantitative estimate of drug-likeness (QED) is 0.646. The van der Waals surface area contributed by atoms with Crippen LogP contribution in [0.15, 0.2) is 18.2 Å². The first kappa shape index (κ1) is 12.0. The summed E-state index contributed by atoms with van der Waals surface area (Å²) in [6.45, 7) is 2.65. The second-order valence-electron chi connectivity index (χ2n) is 3.95. The number of hydrogen-bond donors (Lipinski definition) is 3. The molecule has 0 aliphatic carbocycles. The molecule has 0 aliphatic heterocycles. The fraction of sp³-hybridized carbons (Fsp3) is 0.500. The van der Waals surface area contributed by atoms with E-state index in [2.05, 4.69) is 0 Å². The van der Waals surface area contributed by atoms with Crippen LogP contribution in [0.4, 0.5) is 0 Å². The molecule has 0 aliphatic rings. The van der Waals surface area contributed by atoms with E-state index in [-0.39, 0.29) is 6.04 Å². The molecule has 0 radical (unpaired) electrons. The minimum absolute atomic E-state index is 0.0860. The molecule has 3 heteroatoms. The van der Waals surface area contributed by atoms with E-state index in [9.17, 15) is 5.11 Å². The highest BCUT2D eigenvalue weighted by atomic mass is 16.3. The first-order valence-electron chi connectivity index (χ1n) is 5.40. The van der Waals surface area contributed by atoms with Gasteiger partial charge >= 0.3 is 0 Å². The van der Waals surface area contributed by atoms with Gasteiger partial charge in [0.1, 0.15) is 5.75 Å². The van der Waals surface area contributed by atoms with Gasteiger partial charge in [-0.25, -0.2) is 0 Å². The Morgan fingerprint density at radius 2 is 2.07 bits per heavy atom. The third-order valence-corrected chi connectivity index (χ3v) is 2.55. The summed E-state index contributed by atoms with van der Waals surface area (Å²) in [7, 11) is 0. The van der Waals surface area contributed by atoms with E-state index in [1.165, 1.54) is 0 Å². The van der Waals surface area contributed by atoms with Crippen molar-refractivity contribution in [1.29, 1.82) is 0 Å². The number of phenols is 1. The van der Waals surface area contributed by atoms with Crippen LogP contribution in [0.5, 0.6) is 5.75 Å². The Hall–Kier alpha value is -1.06. The van der Waals surface area contributed by atoms with Gasteiger partial charge in [0, 0.05) is 11.6 Å². The van der Waals surface area contributed by atoms with Crippen molar-refractivity contribution < 1.29 is 5.11 Å². The molecule has 5 N–H and O–H groups in total. The largest absolute Gasteiger partial charge is 0.508 e. The Kier molecular flexibility index (Phi) is 4.59. The minimum atomic E-state index is -0.0860. The van der Waals surface area contributed by atoms with Crippen LogP contribution < -0.4 is 11.5 Å². The highest BCUT2D eigenvalue weighted by molar-refractivity contribution is 5.37. The van der Waals surface area contributed by atoms with E-state index in [1.807, 2.05) is 19.1 Å². The summed E-state index contributed by atoms with van der Waals surface area (Å²) >= 11 is 0. The summed E-state index contributed by atoms with van der Waals surface area (Å²) in [5.74, 6) is 0.301. The molecule has 0 amide bonds. The molecule has 0 saturated heterocycles. The van der Waals surface area contributed by atoms with Crippen LogP contribution in [0.1, 0.15) is 36.4 Å². The molecule has 1 atom stereocenters. The van der Waals surface area contributed by atoms with Crippen LogP contribution in [-0.2, 0) is 0 Å². The van der Waals surface area contributed by atoms with E-state index in [1.54, 1.807) is 6.07 Å². The van der Waals surface area contributed by atoms with Crippen LogP contribution in [0.2, 0.25) is 0 Å². The van der Waals surface area contributed by atoms with E-state index < -0.39 is 0 Å². The topological polar surface area (TPSA) is 72.3 Å². The summed E-state index contributed by atoms with van der Waals surface area (Å²) in [4.78, 5) is 0. The number of hydrogen-bond acceptors (Lipinski definition) is 3. The molecule has 3 nitrogen and oxygen atoms in total. The molecule has 15 heavy (non-hydrogen) atoms. The first-order valence-corrected chi connectivity index (χ1v) is 5.40. The third kappa shape index (κ3) is 3.53. The van der Waals surface area contributed by atoms with Gasteiger partial charge in [0.25, 0.3) is 0 Å². The zero-order valence-corrected chi connectivity index (χ0v) is 9.24. The maximum atomic E-state index is 9.71. The molecule has 84 valence electrons. The van der Waals surface area contributed by atoms with Crippen molar-refractivity contribution in [2.24, 2.45) is 11.5 Å². The zero-order valence-electron chi connectivity index (χ0n) is 9.24. The molecule has 0 saturated carbocycles. The maximum Gasteiger partial charge on any atom is 0.120 e. The van der Waals surface area contributed by atoms with Crippen molar-refractivity contribution in [2.45, 2.75) is 32.2 Å². The molecular weight excluding hydrogens is 188 g/mol. The highest BCUT2D eigenvalue weighted by Crippen LogP contribution is 2.26. The predicted octanol–water partition coefficient (Wildman–Crippen LogP) is 1.83. The Morgan fingerprint density at radius 3 is 2.67 bits per heavy atom. The van der Waals surface area contributed by atoms with Crippen molar-refractivity contribution in [1.82, 2.24) is 0 Å². The van der Waals surface area contributed by atoms with Gasteiger partial charge in [-0.1, -0.05) is 18.6 Å². The smallest absolute Gasteiger partial charge is 0.120 e. The highest BCUT2D eigenvalue weighted by Gasteiger charge is 2.10. The fourth-order valence-electron chi connectivity index (χ4n) is 1.63. The molecule has 1 rings (SSSR count). The van der Waals surface area contributed by atoms with Gasteiger partial charge in [-0.05, 0) is 37.9 Å². The standard InChI is InChI=1S/C12H20N2O/c1-9-5-6-10(12(15)8-9)11(14)4-2-3-7-13/h5-6,8,11,15H,2-4,7,13-14H2,1H3/t11-/m1/s1. The van der Waals surface area contributed by atoms with Crippen molar-refractivity contribution in [2.75, 3.05) is 6.54 Å². The Bertz CT molecular complexity index is 312. The number of aromatic hydroxyl groups is 1. The second-order valence-corrected chi connectivity index (χ2v) is 3.95. The molecule has 0 aromatic heterocycles. The summed E-state index contributed by atoms with van der Waals surface area (Å²) in [5, 5.41) is 9.71. The van der Waals surface area contributed by atoms with E-state index >= 15 is 0 Å². The maximum absolute atomic E-state index is 9.71. The van der Waals surface area contributed by atoms with Gasteiger partial charge in [-0.15, -0.1) is 0 Å². The Balaban J connectivity index is 2.61. The van der Waals surface area contributed by atoms with Gasteiger partial charge in [0.05, 0.1) is 0 Å². The van der Waals surface area contributed by atoms with Gasteiger partial charge in [-0.3, -0.25) is 0 Å². The number of unbranched alkanes of at least 4 members (excludes halogenated alkanes) is 1. The summed E-state index contributed by atoms with van der Waals surface area (Å²) in [5.41, 5.74) is 13.3. The first-order chi connectivity index (χ1) is 7.15. The lowest BCUT2D eigenvalue weighted by atomic mass is 10.00. The number of nitrogens with two attached hydrogens (primary N) is 2. The van der Waals surface area contributed by atoms with Crippen LogP contribution >= 0.6 is 0 Å². The van der Waals surface area contributed by atoms with Gasteiger partial charge < -0.3 is 16.6 Å². The van der Waals surface area contributed by atoms with Crippen molar-refractivity contribution in [3.8, 4) is 5.75 Å². The molecule has 0 heterocycles. The van der Waals surface area contributed by atoms with Crippen LogP contribution in [0, 0.1) is 6.92 Å².